The largest absolute Gasteiger partial charge is 0.573 e. The fourth-order valence-corrected chi connectivity index (χ4v) is 3.65. The number of hydrogen-bond acceptors (Lipinski definition) is 3. The normalized spacial score (nSPS) is 16.5. The van der Waals surface area contributed by atoms with E-state index in [1.54, 1.807) is 0 Å². The lowest BCUT2D eigenvalue weighted by atomic mass is 10.0. The van der Waals surface area contributed by atoms with E-state index in [0.717, 1.165) is 24.3 Å². The van der Waals surface area contributed by atoms with E-state index in [9.17, 15) is 26.7 Å². The molecule has 0 saturated carbocycles. The van der Waals surface area contributed by atoms with Crippen LogP contribution in [-0.2, 0) is 0 Å². The van der Waals surface area contributed by atoms with E-state index in [2.05, 4.69) is 9.84 Å². The van der Waals surface area contributed by atoms with Gasteiger partial charge in [0.2, 0.25) is 0 Å². The molecule has 5 nitrogen and oxygen atoms in total. The maximum absolute atomic E-state index is 14.2. The van der Waals surface area contributed by atoms with Crippen LogP contribution >= 0.6 is 0 Å². The van der Waals surface area contributed by atoms with Crippen LogP contribution in [0.2, 0.25) is 0 Å². The van der Waals surface area contributed by atoms with E-state index in [0.29, 0.717) is 25.1 Å². The van der Waals surface area contributed by atoms with Crippen molar-refractivity contribution in [2.45, 2.75) is 25.2 Å². The molecule has 162 valence electrons. The highest BCUT2D eigenvalue weighted by molar-refractivity contribution is 5.94. The molecule has 0 N–H and O–H groups in total. The van der Waals surface area contributed by atoms with Gasteiger partial charge in [-0.15, -0.1) is 13.2 Å². The summed E-state index contributed by atoms with van der Waals surface area (Å²) in [5, 5.41) is 4.09. The molecule has 3 aromatic rings. The molecule has 10 heteroatoms. The molecule has 2 aromatic carbocycles. The van der Waals surface area contributed by atoms with Gasteiger partial charge in [-0.3, -0.25) is 4.79 Å². The number of ether oxygens (including phenoxy) is 1. The minimum Gasteiger partial charge on any atom is -0.406 e. The van der Waals surface area contributed by atoms with Gasteiger partial charge < -0.3 is 9.64 Å². The first-order valence-corrected chi connectivity index (χ1v) is 9.38. The van der Waals surface area contributed by atoms with Crippen molar-refractivity contribution < 1.29 is 31.5 Å². The summed E-state index contributed by atoms with van der Waals surface area (Å²) >= 11 is 0. The van der Waals surface area contributed by atoms with Crippen LogP contribution in [0.25, 0.3) is 5.69 Å². The lowest BCUT2D eigenvalue weighted by Crippen LogP contribution is -2.30. The number of nitrogens with zero attached hydrogens (tertiary/aromatic N) is 3. The number of rotatable bonds is 4. The number of aromatic nitrogens is 2. The standard InChI is InChI=1S/C21H16F5N3O2/c22-14-3-8-17(18(23)10-14)19-2-1-9-28(19)20(30)13-11-27-29(12-13)15-4-6-16(7-5-15)31-21(24,25)26/h3-8,10-12,19H,1-2,9H2. The molecule has 1 aromatic heterocycles. The van der Waals surface area contributed by atoms with Gasteiger partial charge in [0, 0.05) is 24.4 Å². The Hall–Kier alpha value is -3.43. The summed E-state index contributed by atoms with van der Waals surface area (Å²) in [5.74, 6) is -2.14. The van der Waals surface area contributed by atoms with E-state index in [1.165, 1.54) is 40.2 Å². The molecule has 31 heavy (non-hydrogen) atoms. The van der Waals surface area contributed by atoms with Crippen LogP contribution in [0.4, 0.5) is 22.0 Å². The van der Waals surface area contributed by atoms with Crippen molar-refractivity contribution in [3.05, 3.63) is 77.6 Å². The molecule has 1 amide bonds. The van der Waals surface area contributed by atoms with Gasteiger partial charge in [0.25, 0.3) is 5.91 Å². The topological polar surface area (TPSA) is 47.4 Å². The van der Waals surface area contributed by atoms with Crippen molar-refractivity contribution in [3.63, 3.8) is 0 Å². The second-order valence-electron chi connectivity index (χ2n) is 7.04. The molecule has 1 fully saturated rings. The zero-order chi connectivity index (χ0) is 22.2. The lowest BCUT2D eigenvalue weighted by Gasteiger charge is -2.25. The van der Waals surface area contributed by atoms with Crippen LogP contribution in [0.15, 0.2) is 54.9 Å². The van der Waals surface area contributed by atoms with Crippen LogP contribution in [0.3, 0.4) is 0 Å². The van der Waals surface area contributed by atoms with Crippen molar-refractivity contribution >= 4 is 5.91 Å². The first-order chi connectivity index (χ1) is 14.7. The van der Waals surface area contributed by atoms with Crippen LogP contribution in [0.5, 0.6) is 5.75 Å². The number of carbonyl (C=O) groups is 1. The first-order valence-electron chi connectivity index (χ1n) is 9.38. The summed E-state index contributed by atoms with van der Waals surface area (Å²) in [6, 6.07) is 7.79. The number of alkyl halides is 3. The van der Waals surface area contributed by atoms with Crippen LogP contribution in [0.1, 0.15) is 34.8 Å². The molecule has 0 radical (unpaired) electrons. The fourth-order valence-electron chi connectivity index (χ4n) is 3.65. The van der Waals surface area contributed by atoms with Crippen molar-refractivity contribution in [1.82, 2.24) is 14.7 Å². The Kier molecular flexibility index (Phi) is 5.38. The lowest BCUT2D eigenvalue weighted by molar-refractivity contribution is -0.274. The van der Waals surface area contributed by atoms with Crippen LogP contribution in [-0.4, -0.2) is 33.5 Å². The molecule has 1 aliphatic heterocycles. The van der Waals surface area contributed by atoms with Gasteiger partial charge in [0.1, 0.15) is 17.4 Å². The number of halogens is 5. The molecule has 0 bridgehead atoms. The molecule has 1 aliphatic rings. The van der Waals surface area contributed by atoms with Crippen LogP contribution < -0.4 is 4.74 Å². The predicted octanol–water partition coefficient (Wildman–Crippen LogP) is 5.03. The molecule has 0 aliphatic carbocycles. The van der Waals surface area contributed by atoms with Gasteiger partial charge in [-0.1, -0.05) is 6.07 Å². The van der Waals surface area contributed by atoms with E-state index >= 15 is 0 Å². The summed E-state index contributed by atoms with van der Waals surface area (Å²) in [6.45, 7) is 0.412. The highest BCUT2D eigenvalue weighted by Gasteiger charge is 2.33. The third-order valence-corrected chi connectivity index (χ3v) is 5.00. The van der Waals surface area contributed by atoms with E-state index in [-0.39, 0.29) is 22.8 Å². The third kappa shape index (κ3) is 4.52. The van der Waals surface area contributed by atoms with Gasteiger partial charge in [-0.05, 0) is 43.2 Å². The molecule has 2 heterocycles. The van der Waals surface area contributed by atoms with Gasteiger partial charge in [0.05, 0.1) is 23.5 Å². The van der Waals surface area contributed by atoms with Crippen LogP contribution in [0, 0.1) is 11.6 Å². The Balaban J connectivity index is 1.52. The summed E-state index contributed by atoms with van der Waals surface area (Å²) in [6.07, 6.45) is -0.800. The van der Waals surface area contributed by atoms with E-state index in [1.807, 2.05) is 0 Å². The number of likely N-dealkylation sites (tertiary alicyclic amines) is 1. The van der Waals surface area contributed by atoms with E-state index < -0.39 is 24.0 Å². The average Bonchev–Trinajstić information content (AvgIpc) is 3.37. The fraction of sp³-hybridized carbons (Fsp3) is 0.238. The monoisotopic (exact) mass is 437 g/mol. The average molecular weight is 437 g/mol. The van der Waals surface area contributed by atoms with Gasteiger partial charge in [-0.2, -0.15) is 5.10 Å². The SMILES string of the molecule is O=C(c1cnn(-c2ccc(OC(F)(F)F)cc2)c1)N1CCCC1c1ccc(F)cc1F. The summed E-state index contributed by atoms with van der Waals surface area (Å²) in [4.78, 5) is 14.5. The van der Waals surface area contributed by atoms with E-state index in [4.69, 9.17) is 0 Å². The zero-order valence-electron chi connectivity index (χ0n) is 15.9. The number of hydrogen-bond donors (Lipinski definition) is 0. The van der Waals surface area contributed by atoms with Gasteiger partial charge in [0.15, 0.2) is 0 Å². The maximum atomic E-state index is 14.2. The molecule has 0 spiro atoms. The van der Waals surface area contributed by atoms with Crippen molar-refractivity contribution in [1.29, 1.82) is 0 Å². The predicted molar refractivity (Wildman–Crippen MR) is 99.6 cm³/mol. The second-order valence-corrected chi connectivity index (χ2v) is 7.04. The summed E-state index contributed by atoms with van der Waals surface area (Å²) < 4.78 is 69.5. The first kappa shape index (κ1) is 20.8. The highest BCUT2D eigenvalue weighted by Crippen LogP contribution is 2.34. The number of amides is 1. The Morgan fingerprint density at radius 3 is 2.52 bits per heavy atom. The number of benzene rings is 2. The molecule has 1 saturated heterocycles. The van der Waals surface area contributed by atoms with Crippen molar-refractivity contribution in [2.75, 3.05) is 6.54 Å². The Bertz CT molecular complexity index is 1100. The highest BCUT2D eigenvalue weighted by atomic mass is 19.4. The minimum absolute atomic E-state index is 0.241. The molecular weight excluding hydrogens is 421 g/mol. The maximum Gasteiger partial charge on any atom is 0.573 e. The van der Waals surface area contributed by atoms with Crippen molar-refractivity contribution in [2.24, 2.45) is 0 Å². The Morgan fingerprint density at radius 1 is 1.10 bits per heavy atom. The second kappa shape index (κ2) is 8.01. The summed E-state index contributed by atoms with van der Waals surface area (Å²) in [5.41, 5.74) is 0.918. The quantitative estimate of drug-likeness (QED) is 0.538. The van der Waals surface area contributed by atoms with Gasteiger partial charge in [-0.25, -0.2) is 13.5 Å². The molecular formula is C21H16F5N3O2. The van der Waals surface area contributed by atoms with Gasteiger partial charge >= 0.3 is 6.36 Å². The molecule has 4 rings (SSSR count). The minimum atomic E-state index is -4.79. The molecule has 1 atom stereocenters. The Labute approximate surface area is 173 Å². The number of carbonyl (C=O) groups excluding carboxylic acids is 1. The molecule has 1 unspecified atom stereocenters. The Morgan fingerprint density at radius 2 is 1.84 bits per heavy atom. The van der Waals surface area contributed by atoms with Crippen molar-refractivity contribution in [3.8, 4) is 11.4 Å². The zero-order valence-corrected chi connectivity index (χ0v) is 15.9. The smallest absolute Gasteiger partial charge is 0.406 e. The summed E-state index contributed by atoms with van der Waals surface area (Å²) in [7, 11) is 0. The third-order valence-electron chi connectivity index (χ3n) is 5.00.